The van der Waals surface area contributed by atoms with E-state index in [-0.39, 0.29) is 12.8 Å². The van der Waals surface area contributed by atoms with E-state index in [1.165, 1.54) is 0 Å². The molecule has 0 unspecified atom stereocenters. The predicted molar refractivity (Wildman–Crippen MR) is 38.2 cm³/mol. The average molecular weight is 154 g/mol. The molecule has 59 valence electrons. The number of hydrogen-bond donors (Lipinski definition) is 1. The van der Waals surface area contributed by atoms with Gasteiger partial charge in [-0.2, -0.15) is 5.26 Å². The maximum Gasteiger partial charge on any atom is 0.223 e. The van der Waals surface area contributed by atoms with Gasteiger partial charge < -0.3 is 5.32 Å². The van der Waals surface area contributed by atoms with E-state index in [4.69, 9.17) is 13.7 Å². The SMILES string of the molecule is [2H]C1([2H])C[C@@H](C[C@H]([NH])C#N)C(=O)N1. The van der Waals surface area contributed by atoms with Crippen molar-refractivity contribution in [2.75, 3.05) is 6.50 Å². The number of nitrogens with one attached hydrogen (secondary N) is 2. The summed E-state index contributed by atoms with van der Waals surface area (Å²) in [5.74, 6) is -0.922. The van der Waals surface area contributed by atoms with Crippen LogP contribution in [0.5, 0.6) is 0 Å². The lowest BCUT2D eigenvalue weighted by atomic mass is 10.00. The van der Waals surface area contributed by atoms with Gasteiger partial charge in [0, 0.05) is 15.2 Å². The highest BCUT2D eigenvalue weighted by Gasteiger charge is 2.25. The van der Waals surface area contributed by atoms with Gasteiger partial charge in [-0.1, -0.05) is 0 Å². The molecule has 0 aromatic carbocycles. The molecule has 1 aliphatic heterocycles. The highest BCUT2D eigenvalue weighted by Crippen LogP contribution is 2.15. The largest absolute Gasteiger partial charge is 0.356 e. The zero-order valence-corrected chi connectivity index (χ0v) is 5.92. The molecule has 1 rings (SSSR count). The van der Waals surface area contributed by atoms with Crippen molar-refractivity contribution in [1.82, 2.24) is 11.1 Å². The fourth-order valence-corrected chi connectivity index (χ4v) is 0.984. The fourth-order valence-electron chi connectivity index (χ4n) is 0.984. The molecule has 1 radical (unpaired) electrons. The number of nitriles is 1. The Bertz CT molecular complexity index is 261. The summed E-state index contributed by atoms with van der Waals surface area (Å²) in [6.07, 6.45) is 0.171. The van der Waals surface area contributed by atoms with E-state index in [0.29, 0.717) is 0 Å². The second-order valence-corrected chi connectivity index (χ2v) is 2.48. The molecule has 2 atom stereocenters. The number of carbonyl (C=O) groups is 1. The molecule has 0 saturated carbocycles. The molecule has 1 aliphatic rings. The summed E-state index contributed by atoms with van der Waals surface area (Å²) in [7, 11) is 0. The molecule has 0 aromatic rings. The van der Waals surface area contributed by atoms with Crippen molar-refractivity contribution in [3.05, 3.63) is 0 Å². The molecule has 0 spiro atoms. The summed E-state index contributed by atoms with van der Waals surface area (Å²) in [5, 5.41) is 10.5. The highest BCUT2D eigenvalue weighted by molar-refractivity contribution is 5.80. The van der Waals surface area contributed by atoms with E-state index >= 15 is 0 Å². The van der Waals surface area contributed by atoms with Crippen molar-refractivity contribution in [1.29, 1.82) is 5.26 Å². The Morgan fingerprint density at radius 2 is 2.82 bits per heavy atom. The summed E-state index contributed by atoms with van der Waals surface area (Å²) in [6, 6.07) is 0.764. The molecule has 0 bridgehead atoms. The zero-order valence-electron chi connectivity index (χ0n) is 7.92. The Morgan fingerprint density at radius 1 is 2.09 bits per heavy atom. The van der Waals surface area contributed by atoms with Crippen LogP contribution in [0, 0.1) is 17.2 Å². The van der Waals surface area contributed by atoms with Gasteiger partial charge >= 0.3 is 0 Å². The molecular weight excluding hydrogens is 142 g/mol. The van der Waals surface area contributed by atoms with Crippen LogP contribution >= 0.6 is 0 Å². The molecule has 0 aromatic heterocycles. The van der Waals surface area contributed by atoms with Crippen molar-refractivity contribution >= 4 is 5.91 Å². The molecular formula is C7H10N3O. The minimum Gasteiger partial charge on any atom is -0.356 e. The van der Waals surface area contributed by atoms with Crippen LogP contribution in [0.15, 0.2) is 0 Å². The lowest BCUT2D eigenvalue weighted by Crippen LogP contribution is -2.22. The maximum atomic E-state index is 11.1. The van der Waals surface area contributed by atoms with Crippen molar-refractivity contribution in [3.63, 3.8) is 0 Å². The van der Waals surface area contributed by atoms with Crippen LogP contribution in [0.2, 0.25) is 0 Å². The Labute approximate surface area is 68.2 Å². The van der Waals surface area contributed by atoms with E-state index in [1.807, 2.05) is 0 Å². The second kappa shape index (κ2) is 3.35. The minimum absolute atomic E-state index is 0.0584. The van der Waals surface area contributed by atoms with E-state index in [1.54, 1.807) is 6.07 Å². The first kappa shape index (κ1) is 5.56. The standard InChI is InChI=1S/C7H10N3O/c8-4-6(9)3-5-1-2-10-7(5)11/h5-6,9H,1-3H2,(H,10,11)/t5-,6-/m0/s1/i2D2. The number of rotatable bonds is 2. The van der Waals surface area contributed by atoms with Crippen molar-refractivity contribution < 1.29 is 7.54 Å². The van der Waals surface area contributed by atoms with E-state index in [0.717, 1.165) is 0 Å². The van der Waals surface area contributed by atoms with Crippen LogP contribution in [0.25, 0.3) is 0 Å². The third-order valence-electron chi connectivity index (χ3n) is 1.61. The van der Waals surface area contributed by atoms with Gasteiger partial charge in [-0.3, -0.25) is 4.79 Å². The lowest BCUT2D eigenvalue weighted by Gasteiger charge is -2.05. The second-order valence-electron chi connectivity index (χ2n) is 2.48. The van der Waals surface area contributed by atoms with Gasteiger partial charge in [-0.15, -0.1) is 0 Å². The molecule has 1 saturated heterocycles. The monoisotopic (exact) mass is 154 g/mol. The smallest absolute Gasteiger partial charge is 0.223 e. The van der Waals surface area contributed by atoms with Crippen molar-refractivity contribution in [2.45, 2.75) is 18.9 Å². The van der Waals surface area contributed by atoms with Gasteiger partial charge in [-0.25, -0.2) is 5.73 Å². The van der Waals surface area contributed by atoms with Gasteiger partial charge in [0.1, 0.15) is 6.04 Å². The van der Waals surface area contributed by atoms with Gasteiger partial charge in [0.25, 0.3) is 0 Å². The normalized spacial score (nSPS) is 33.1. The quantitative estimate of drug-likeness (QED) is 0.592. The lowest BCUT2D eigenvalue weighted by molar-refractivity contribution is -0.122. The van der Waals surface area contributed by atoms with Crippen LogP contribution in [-0.4, -0.2) is 18.4 Å². The molecule has 1 fully saturated rings. The fraction of sp³-hybridized carbons (Fsp3) is 0.714. The Balaban J connectivity index is 2.55. The average Bonchev–Trinajstić information content (AvgIpc) is 2.24. The molecule has 2 N–H and O–H groups in total. The topological polar surface area (TPSA) is 76.7 Å². The Morgan fingerprint density at radius 3 is 3.27 bits per heavy atom. The molecule has 4 nitrogen and oxygen atoms in total. The minimum atomic E-state index is -1.67. The summed E-state index contributed by atoms with van der Waals surface area (Å²) >= 11 is 0. The Kier molecular flexibility index (Phi) is 1.69. The number of hydrogen-bond acceptors (Lipinski definition) is 2. The van der Waals surface area contributed by atoms with E-state index in [2.05, 4.69) is 5.32 Å². The van der Waals surface area contributed by atoms with Gasteiger partial charge in [0.15, 0.2) is 0 Å². The van der Waals surface area contributed by atoms with Crippen LogP contribution in [-0.2, 0) is 4.79 Å². The molecule has 1 amide bonds. The first-order chi connectivity index (χ1) is 5.94. The van der Waals surface area contributed by atoms with E-state index < -0.39 is 24.4 Å². The summed E-state index contributed by atoms with van der Waals surface area (Å²) < 4.78 is 14.5. The first-order valence-corrected chi connectivity index (χ1v) is 3.37. The molecule has 0 aliphatic carbocycles. The predicted octanol–water partition coefficient (Wildman–Crippen LogP) is -0.312. The van der Waals surface area contributed by atoms with Gasteiger partial charge in [-0.05, 0) is 12.8 Å². The third kappa shape index (κ3) is 1.92. The molecule has 4 heteroatoms. The van der Waals surface area contributed by atoms with Crippen LogP contribution in [0.3, 0.4) is 0 Å². The number of amides is 1. The van der Waals surface area contributed by atoms with Gasteiger partial charge in [0.05, 0.1) is 6.07 Å². The zero-order chi connectivity index (χ0) is 10.1. The maximum absolute atomic E-state index is 11.1. The van der Waals surface area contributed by atoms with E-state index in [9.17, 15) is 4.79 Å². The van der Waals surface area contributed by atoms with Crippen molar-refractivity contribution in [3.8, 4) is 6.07 Å². The van der Waals surface area contributed by atoms with Crippen LogP contribution in [0.4, 0.5) is 0 Å². The third-order valence-corrected chi connectivity index (χ3v) is 1.61. The molecule has 1 heterocycles. The summed E-state index contributed by atoms with van der Waals surface area (Å²) in [4.78, 5) is 11.1. The summed E-state index contributed by atoms with van der Waals surface area (Å²) in [6.45, 7) is -1.67. The molecule has 11 heavy (non-hydrogen) atoms. The Hall–Kier alpha value is -1.08. The first-order valence-electron chi connectivity index (χ1n) is 4.37. The van der Waals surface area contributed by atoms with Crippen molar-refractivity contribution in [2.24, 2.45) is 5.92 Å². The summed E-state index contributed by atoms with van der Waals surface area (Å²) in [5.41, 5.74) is 7.14. The number of nitrogens with zero attached hydrogens (tertiary/aromatic N) is 1. The van der Waals surface area contributed by atoms with Crippen LogP contribution in [0.1, 0.15) is 15.6 Å². The van der Waals surface area contributed by atoms with Gasteiger partial charge in [0.2, 0.25) is 5.91 Å². The number of carbonyl (C=O) groups excluding carboxylic acids is 1. The highest BCUT2D eigenvalue weighted by atomic mass is 16.2. The van der Waals surface area contributed by atoms with Crippen LogP contribution < -0.4 is 11.1 Å².